The summed E-state index contributed by atoms with van der Waals surface area (Å²) < 4.78 is 0. The number of rotatable bonds is 4. The van der Waals surface area contributed by atoms with Gasteiger partial charge in [0.15, 0.2) is 0 Å². The van der Waals surface area contributed by atoms with Gasteiger partial charge >= 0.3 is 0 Å². The first kappa shape index (κ1) is 16.2. The van der Waals surface area contributed by atoms with Crippen molar-refractivity contribution in [3.05, 3.63) is 65.2 Å². The van der Waals surface area contributed by atoms with Crippen LogP contribution in [0.5, 0.6) is 0 Å². The lowest BCUT2D eigenvalue weighted by molar-refractivity contribution is 1.11. The maximum Gasteiger partial charge on any atom is 0.0391 e. The van der Waals surface area contributed by atoms with Gasteiger partial charge in [-0.15, -0.1) is 0 Å². The van der Waals surface area contributed by atoms with Crippen LogP contribution in [0.2, 0.25) is 0 Å². The zero-order valence-corrected chi connectivity index (χ0v) is 14.6. The molecule has 0 aliphatic rings. The van der Waals surface area contributed by atoms with E-state index in [1.807, 2.05) is 0 Å². The molecule has 22 heavy (non-hydrogen) atoms. The summed E-state index contributed by atoms with van der Waals surface area (Å²) in [6.45, 7) is 8.59. The molecule has 0 aromatic heterocycles. The largest absolute Gasteiger partial charge is 0.377 e. The molecule has 0 atom stereocenters. The molecular formula is C20H26N2. The van der Waals surface area contributed by atoms with Gasteiger partial charge in [-0.3, -0.25) is 0 Å². The third-order valence-corrected chi connectivity index (χ3v) is 4.05. The van der Waals surface area contributed by atoms with Crippen molar-refractivity contribution in [1.29, 1.82) is 0 Å². The van der Waals surface area contributed by atoms with Crippen LogP contribution < -0.4 is 9.80 Å². The molecule has 0 saturated carbocycles. The zero-order valence-electron chi connectivity index (χ0n) is 14.6. The number of hydrogen-bond donors (Lipinski definition) is 0. The SMILES string of the molecule is C=C(c1ccc(N(C)C)c(C)c1)c1ccc(N(C)C)c(C)c1. The highest BCUT2D eigenvalue weighted by atomic mass is 15.1. The van der Waals surface area contributed by atoms with E-state index in [9.17, 15) is 0 Å². The van der Waals surface area contributed by atoms with Crippen LogP contribution in [0.1, 0.15) is 22.3 Å². The van der Waals surface area contributed by atoms with Crippen LogP contribution in [0.4, 0.5) is 11.4 Å². The molecule has 2 aromatic rings. The highest BCUT2D eigenvalue weighted by molar-refractivity contribution is 5.80. The number of aryl methyl sites for hydroxylation is 2. The van der Waals surface area contributed by atoms with Gasteiger partial charge in [0, 0.05) is 39.6 Å². The predicted molar refractivity (Wildman–Crippen MR) is 99.1 cm³/mol. The molecule has 0 radical (unpaired) electrons. The van der Waals surface area contributed by atoms with Crippen molar-refractivity contribution in [3.63, 3.8) is 0 Å². The predicted octanol–water partition coefficient (Wildman–Crippen LogP) is 4.50. The number of anilines is 2. The second-order valence-corrected chi connectivity index (χ2v) is 6.27. The zero-order chi connectivity index (χ0) is 16.4. The Balaban J connectivity index is 2.36. The second-order valence-electron chi connectivity index (χ2n) is 6.27. The van der Waals surface area contributed by atoms with Crippen LogP contribution in [0.15, 0.2) is 43.0 Å². The molecule has 0 amide bonds. The normalized spacial score (nSPS) is 10.5. The summed E-state index contributed by atoms with van der Waals surface area (Å²) in [5.41, 5.74) is 8.46. The van der Waals surface area contributed by atoms with E-state index in [0.29, 0.717) is 0 Å². The lowest BCUT2D eigenvalue weighted by Gasteiger charge is -2.19. The summed E-state index contributed by atoms with van der Waals surface area (Å²) in [7, 11) is 8.28. The molecule has 0 spiro atoms. The Bertz CT molecular complexity index is 637. The summed E-state index contributed by atoms with van der Waals surface area (Å²) in [6.07, 6.45) is 0. The van der Waals surface area contributed by atoms with Gasteiger partial charge in [-0.2, -0.15) is 0 Å². The van der Waals surface area contributed by atoms with Gasteiger partial charge in [0.25, 0.3) is 0 Å². The van der Waals surface area contributed by atoms with E-state index in [1.54, 1.807) is 0 Å². The van der Waals surface area contributed by atoms with Gasteiger partial charge in [-0.25, -0.2) is 0 Å². The summed E-state index contributed by atoms with van der Waals surface area (Å²) in [4.78, 5) is 4.27. The van der Waals surface area contributed by atoms with Crippen molar-refractivity contribution in [1.82, 2.24) is 0 Å². The fraction of sp³-hybridized carbons (Fsp3) is 0.300. The molecule has 0 saturated heterocycles. The van der Waals surface area contributed by atoms with E-state index in [0.717, 1.165) is 5.57 Å². The first-order chi connectivity index (χ1) is 10.3. The van der Waals surface area contributed by atoms with Crippen molar-refractivity contribution in [2.45, 2.75) is 13.8 Å². The quantitative estimate of drug-likeness (QED) is 0.819. The third kappa shape index (κ3) is 3.16. The van der Waals surface area contributed by atoms with Crippen molar-refractivity contribution in [2.75, 3.05) is 38.0 Å². The molecule has 0 unspecified atom stereocenters. The van der Waals surface area contributed by atoms with Crippen molar-refractivity contribution in [3.8, 4) is 0 Å². The summed E-state index contributed by atoms with van der Waals surface area (Å²) in [5, 5.41) is 0. The Labute approximate surface area is 134 Å². The molecular weight excluding hydrogens is 268 g/mol. The van der Waals surface area contributed by atoms with Crippen LogP contribution in [0, 0.1) is 13.8 Å². The van der Waals surface area contributed by atoms with Crippen molar-refractivity contribution < 1.29 is 0 Å². The van der Waals surface area contributed by atoms with Gasteiger partial charge in [-0.1, -0.05) is 18.7 Å². The van der Waals surface area contributed by atoms with Crippen LogP contribution in [-0.2, 0) is 0 Å². The average Bonchev–Trinajstić information content (AvgIpc) is 2.45. The Morgan fingerprint density at radius 2 is 1.09 bits per heavy atom. The third-order valence-electron chi connectivity index (χ3n) is 4.05. The first-order valence-electron chi connectivity index (χ1n) is 7.57. The molecule has 2 aromatic carbocycles. The average molecular weight is 294 g/mol. The van der Waals surface area contributed by atoms with Gasteiger partial charge in [0.05, 0.1) is 0 Å². The Kier molecular flexibility index (Phi) is 4.60. The smallest absolute Gasteiger partial charge is 0.0391 e. The number of nitrogens with zero attached hydrogens (tertiary/aromatic N) is 2. The van der Waals surface area contributed by atoms with E-state index in [4.69, 9.17) is 0 Å². The van der Waals surface area contributed by atoms with Gasteiger partial charge in [0.2, 0.25) is 0 Å². The van der Waals surface area contributed by atoms with Crippen molar-refractivity contribution in [2.24, 2.45) is 0 Å². The minimum absolute atomic E-state index is 1.07. The molecule has 0 bridgehead atoms. The van der Waals surface area contributed by atoms with Crippen LogP contribution in [0.3, 0.4) is 0 Å². The minimum atomic E-state index is 1.07. The molecule has 0 N–H and O–H groups in total. The monoisotopic (exact) mass is 294 g/mol. The fourth-order valence-electron chi connectivity index (χ4n) is 2.86. The fourth-order valence-corrected chi connectivity index (χ4v) is 2.86. The van der Waals surface area contributed by atoms with E-state index in [-0.39, 0.29) is 0 Å². The lowest BCUT2D eigenvalue weighted by atomic mass is 9.95. The molecule has 2 nitrogen and oxygen atoms in total. The van der Waals surface area contributed by atoms with Gasteiger partial charge in [0.1, 0.15) is 0 Å². The van der Waals surface area contributed by atoms with E-state index in [2.05, 4.69) is 94.8 Å². The minimum Gasteiger partial charge on any atom is -0.377 e. The standard InChI is InChI=1S/C20H26N2/c1-14-12-17(8-10-19(14)21(4)5)16(3)18-9-11-20(22(6)7)15(2)13-18/h8-13H,3H2,1-2,4-7H3. The highest BCUT2D eigenvalue weighted by Gasteiger charge is 2.08. The lowest BCUT2D eigenvalue weighted by Crippen LogP contribution is -2.10. The molecule has 2 heteroatoms. The summed E-state index contributed by atoms with van der Waals surface area (Å²) in [6, 6.07) is 13.1. The van der Waals surface area contributed by atoms with E-state index in [1.165, 1.54) is 33.6 Å². The molecule has 2 rings (SSSR count). The molecule has 116 valence electrons. The van der Waals surface area contributed by atoms with E-state index < -0.39 is 0 Å². The maximum atomic E-state index is 4.30. The molecule has 0 fully saturated rings. The number of hydrogen-bond acceptors (Lipinski definition) is 2. The van der Waals surface area contributed by atoms with Crippen LogP contribution >= 0.6 is 0 Å². The molecule has 0 aliphatic carbocycles. The molecule has 0 aliphatic heterocycles. The van der Waals surface area contributed by atoms with E-state index >= 15 is 0 Å². The summed E-state index contributed by atoms with van der Waals surface area (Å²) >= 11 is 0. The number of benzene rings is 2. The second kappa shape index (κ2) is 6.27. The van der Waals surface area contributed by atoms with Crippen LogP contribution in [0.25, 0.3) is 5.57 Å². The Morgan fingerprint density at radius 1 is 0.727 bits per heavy atom. The Morgan fingerprint density at radius 3 is 1.36 bits per heavy atom. The molecule has 0 heterocycles. The maximum absolute atomic E-state index is 4.30. The van der Waals surface area contributed by atoms with Crippen molar-refractivity contribution >= 4 is 16.9 Å². The first-order valence-corrected chi connectivity index (χ1v) is 7.57. The Hall–Kier alpha value is -2.22. The summed E-state index contributed by atoms with van der Waals surface area (Å²) in [5.74, 6) is 0. The van der Waals surface area contributed by atoms with Crippen LogP contribution in [-0.4, -0.2) is 28.2 Å². The highest BCUT2D eigenvalue weighted by Crippen LogP contribution is 2.29. The van der Waals surface area contributed by atoms with Gasteiger partial charge < -0.3 is 9.80 Å². The topological polar surface area (TPSA) is 6.48 Å². The van der Waals surface area contributed by atoms with Gasteiger partial charge in [-0.05, 0) is 65.9 Å².